The van der Waals surface area contributed by atoms with Crippen LogP contribution in [0.3, 0.4) is 0 Å². The lowest BCUT2D eigenvalue weighted by atomic mass is 10.0. The molecule has 0 aliphatic carbocycles. The third-order valence-corrected chi connectivity index (χ3v) is 4.37. The van der Waals surface area contributed by atoms with E-state index in [4.69, 9.17) is 14.2 Å². The zero-order valence-electron chi connectivity index (χ0n) is 12.5. The highest BCUT2D eigenvalue weighted by Crippen LogP contribution is 2.44. The van der Waals surface area contributed by atoms with Crippen LogP contribution in [0.5, 0.6) is 17.2 Å². The Bertz CT molecular complexity index is 1040. The van der Waals surface area contributed by atoms with Crippen LogP contribution in [0.4, 0.5) is 0 Å². The molecule has 2 aliphatic rings. The molecule has 0 N–H and O–H groups in total. The summed E-state index contributed by atoms with van der Waals surface area (Å²) in [6.45, 7) is 2.43. The van der Waals surface area contributed by atoms with Crippen LogP contribution < -0.4 is 19.8 Å². The van der Waals surface area contributed by atoms with E-state index in [-0.39, 0.29) is 19.1 Å². The fourth-order valence-corrected chi connectivity index (χ4v) is 3.20. The Hall–Kier alpha value is -2.95. The van der Waals surface area contributed by atoms with Crippen molar-refractivity contribution >= 4 is 10.8 Å². The molecule has 0 amide bonds. The Morgan fingerprint density at radius 3 is 2.65 bits per heavy atom. The van der Waals surface area contributed by atoms with Gasteiger partial charge < -0.3 is 14.2 Å². The lowest BCUT2D eigenvalue weighted by Crippen LogP contribution is -2.27. The molecule has 0 spiro atoms. The summed E-state index contributed by atoms with van der Waals surface area (Å²) in [7, 11) is 0. The highest BCUT2D eigenvalue weighted by molar-refractivity contribution is 5.87. The third kappa shape index (κ3) is 1.70. The van der Waals surface area contributed by atoms with Gasteiger partial charge in [0.05, 0.1) is 5.69 Å². The maximum atomic E-state index is 12.8. The number of benzene rings is 2. The average Bonchev–Trinajstić information content (AvgIpc) is 3.00. The van der Waals surface area contributed by atoms with Gasteiger partial charge in [-0.25, -0.2) is 0 Å². The van der Waals surface area contributed by atoms with Gasteiger partial charge in [-0.1, -0.05) is 17.7 Å². The molecule has 5 nitrogen and oxygen atoms in total. The standard InChI is InChI=1S/C18H13NO4/c1-10-2-3-12-11(4-10)5-14-13-6-16-17(23-9-22-16)7-15(13)21-8-19(14)18(12)20/h2-7H,8-9H2,1H3. The van der Waals surface area contributed by atoms with E-state index >= 15 is 0 Å². The molecular formula is C18H13NO4. The van der Waals surface area contributed by atoms with Crippen LogP contribution in [0, 0.1) is 6.92 Å². The second-order valence-corrected chi connectivity index (χ2v) is 5.83. The van der Waals surface area contributed by atoms with E-state index in [0.717, 1.165) is 22.2 Å². The van der Waals surface area contributed by atoms with E-state index in [0.29, 0.717) is 22.6 Å². The summed E-state index contributed by atoms with van der Waals surface area (Å²) in [5, 5.41) is 1.64. The van der Waals surface area contributed by atoms with Crippen LogP contribution in [-0.2, 0) is 6.73 Å². The minimum absolute atomic E-state index is 0.0409. The fraction of sp³-hybridized carbons (Fsp3) is 0.167. The van der Waals surface area contributed by atoms with Crippen molar-refractivity contribution in [1.29, 1.82) is 0 Å². The van der Waals surface area contributed by atoms with Crippen molar-refractivity contribution in [2.45, 2.75) is 13.7 Å². The van der Waals surface area contributed by atoms with Crippen molar-refractivity contribution in [3.63, 3.8) is 0 Å². The summed E-state index contributed by atoms with van der Waals surface area (Å²) < 4.78 is 18.3. The second-order valence-electron chi connectivity index (χ2n) is 5.83. The summed E-state index contributed by atoms with van der Waals surface area (Å²) in [5.74, 6) is 2.06. The quantitative estimate of drug-likeness (QED) is 0.640. The molecule has 0 saturated heterocycles. The zero-order valence-corrected chi connectivity index (χ0v) is 12.5. The summed E-state index contributed by atoms with van der Waals surface area (Å²) in [6.07, 6.45) is 0. The predicted octanol–water partition coefficient (Wildman–Crippen LogP) is 3.06. The molecule has 0 bridgehead atoms. The molecule has 2 aromatic carbocycles. The average molecular weight is 307 g/mol. The van der Waals surface area contributed by atoms with Gasteiger partial charge in [-0.2, -0.15) is 0 Å². The van der Waals surface area contributed by atoms with Crippen molar-refractivity contribution in [2.75, 3.05) is 6.79 Å². The smallest absolute Gasteiger partial charge is 0.261 e. The van der Waals surface area contributed by atoms with Gasteiger partial charge in [0.1, 0.15) is 5.75 Å². The predicted molar refractivity (Wildman–Crippen MR) is 85.1 cm³/mol. The molecule has 1 aromatic heterocycles. The first-order valence-electron chi connectivity index (χ1n) is 7.42. The second kappa shape index (κ2) is 4.29. The Morgan fingerprint density at radius 2 is 1.78 bits per heavy atom. The Labute approximate surface area is 131 Å². The molecule has 3 aromatic rings. The van der Waals surface area contributed by atoms with Gasteiger partial charge in [0.15, 0.2) is 18.2 Å². The van der Waals surface area contributed by atoms with E-state index in [2.05, 4.69) is 0 Å². The molecule has 3 heterocycles. The first-order valence-corrected chi connectivity index (χ1v) is 7.42. The van der Waals surface area contributed by atoms with Crippen molar-refractivity contribution in [3.05, 3.63) is 52.3 Å². The van der Waals surface area contributed by atoms with Crippen molar-refractivity contribution < 1.29 is 14.2 Å². The zero-order chi connectivity index (χ0) is 15.6. The lowest BCUT2D eigenvalue weighted by molar-refractivity contribution is 0.173. The number of rotatable bonds is 0. The maximum Gasteiger partial charge on any atom is 0.261 e. The summed E-state index contributed by atoms with van der Waals surface area (Å²) in [4.78, 5) is 12.8. The van der Waals surface area contributed by atoms with Crippen LogP contribution in [0.1, 0.15) is 5.56 Å². The van der Waals surface area contributed by atoms with E-state index in [1.807, 2.05) is 43.3 Å². The molecule has 0 atom stereocenters. The van der Waals surface area contributed by atoms with Gasteiger partial charge >= 0.3 is 0 Å². The molecule has 5 heteroatoms. The van der Waals surface area contributed by atoms with Crippen molar-refractivity contribution in [3.8, 4) is 28.5 Å². The van der Waals surface area contributed by atoms with Crippen LogP contribution in [-0.4, -0.2) is 11.4 Å². The molecule has 2 aliphatic heterocycles. The van der Waals surface area contributed by atoms with Crippen LogP contribution in [0.15, 0.2) is 41.2 Å². The molecule has 0 fully saturated rings. The van der Waals surface area contributed by atoms with Crippen LogP contribution >= 0.6 is 0 Å². The number of hydrogen-bond donors (Lipinski definition) is 0. The largest absolute Gasteiger partial charge is 0.472 e. The molecule has 5 rings (SSSR count). The van der Waals surface area contributed by atoms with Crippen LogP contribution in [0.25, 0.3) is 22.0 Å². The number of ether oxygens (including phenoxy) is 3. The first kappa shape index (κ1) is 12.6. The number of pyridine rings is 1. The molecule has 114 valence electrons. The van der Waals surface area contributed by atoms with Crippen LogP contribution in [0.2, 0.25) is 0 Å². The van der Waals surface area contributed by atoms with Gasteiger partial charge in [-0.15, -0.1) is 0 Å². The number of nitrogens with zero attached hydrogens (tertiary/aromatic N) is 1. The fourth-order valence-electron chi connectivity index (χ4n) is 3.20. The molecular weight excluding hydrogens is 294 g/mol. The molecule has 0 saturated carbocycles. The monoisotopic (exact) mass is 307 g/mol. The van der Waals surface area contributed by atoms with Crippen molar-refractivity contribution in [1.82, 2.24) is 4.57 Å². The van der Waals surface area contributed by atoms with Gasteiger partial charge in [0.25, 0.3) is 5.56 Å². The number of aryl methyl sites for hydroxylation is 1. The van der Waals surface area contributed by atoms with E-state index in [1.165, 1.54) is 0 Å². The third-order valence-electron chi connectivity index (χ3n) is 4.37. The number of hydrogen-bond acceptors (Lipinski definition) is 4. The topological polar surface area (TPSA) is 49.7 Å². The summed E-state index contributed by atoms with van der Waals surface area (Å²) in [5.41, 5.74) is 2.77. The van der Waals surface area contributed by atoms with Gasteiger partial charge in [0.2, 0.25) is 6.79 Å². The number of fused-ring (bicyclic) bond motifs is 5. The molecule has 23 heavy (non-hydrogen) atoms. The van der Waals surface area contributed by atoms with E-state index in [1.54, 1.807) is 4.57 Å². The normalized spacial score (nSPS) is 14.3. The highest BCUT2D eigenvalue weighted by Gasteiger charge is 2.24. The highest BCUT2D eigenvalue weighted by atomic mass is 16.7. The van der Waals surface area contributed by atoms with Gasteiger partial charge in [0, 0.05) is 17.0 Å². The van der Waals surface area contributed by atoms with Crippen molar-refractivity contribution in [2.24, 2.45) is 0 Å². The lowest BCUT2D eigenvalue weighted by Gasteiger charge is -2.23. The maximum absolute atomic E-state index is 12.8. The minimum atomic E-state index is -0.0409. The van der Waals surface area contributed by atoms with E-state index < -0.39 is 0 Å². The summed E-state index contributed by atoms with van der Waals surface area (Å²) in [6, 6.07) is 11.6. The number of aromatic nitrogens is 1. The van der Waals surface area contributed by atoms with Gasteiger partial charge in [-0.05, 0) is 30.5 Å². The first-order chi connectivity index (χ1) is 11.2. The molecule has 0 radical (unpaired) electrons. The Balaban J connectivity index is 1.85. The molecule has 0 unspecified atom stereocenters. The van der Waals surface area contributed by atoms with E-state index in [9.17, 15) is 4.79 Å². The Kier molecular flexibility index (Phi) is 2.34. The minimum Gasteiger partial charge on any atom is -0.472 e. The van der Waals surface area contributed by atoms with Gasteiger partial charge in [-0.3, -0.25) is 9.36 Å². The SMILES string of the molecule is Cc1ccc2c(=O)n3c(cc2c1)-c1cc2c(cc1OC3)OCO2. The Morgan fingerprint density at radius 1 is 0.957 bits per heavy atom. The summed E-state index contributed by atoms with van der Waals surface area (Å²) >= 11 is 0.